The molecule has 0 rings (SSSR count). The highest BCUT2D eigenvalue weighted by Gasteiger charge is 1.89. The molecule has 0 aromatic rings. The van der Waals surface area contributed by atoms with E-state index in [1.165, 1.54) is 0 Å². The third-order valence-corrected chi connectivity index (χ3v) is 4.24. The van der Waals surface area contributed by atoms with Gasteiger partial charge < -0.3 is 20.4 Å². The van der Waals surface area contributed by atoms with Gasteiger partial charge in [-0.1, -0.05) is 21.6 Å². The highest BCUT2D eigenvalue weighted by atomic mass is 33.1. The number of rotatable bonds is 9. The van der Waals surface area contributed by atoms with Gasteiger partial charge in [0.1, 0.15) is 0 Å². The van der Waals surface area contributed by atoms with Crippen molar-refractivity contribution in [3.8, 4) is 0 Å². The first kappa shape index (κ1) is 25.2. The summed E-state index contributed by atoms with van der Waals surface area (Å²) in [5, 5.41) is 32.1. The van der Waals surface area contributed by atoms with Crippen LogP contribution in [0.1, 0.15) is 12.8 Å². The van der Waals surface area contributed by atoms with Crippen LogP contribution in [0.15, 0.2) is 0 Å². The van der Waals surface area contributed by atoms with Gasteiger partial charge in [0.25, 0.3) is 0 Å². The zero-order chi connectivity index (χ0) is 16.2. The van der Waals surface area contributed by atoms with Crippen molar-refractivity contribution >= 4 is 58.8 Å². The van der Waals surface area contributed by atoms with Crippen molar-refractivity contribution < 1.29 is 30.0 Å². The second kappa shape index (κ2) is 24.3. The summed E-state index contributed by atoms with van der Waals surface area (Å²) in [4.78, 5) is 18.6. The molecule has 0 spiro atoms. The molecule has 0 aliphatic rings. The Morgan fingerprint density at radius 2 is 1.05 bits per heavy atom. The summed E-state index contributed by atoms with van der Waals surface area (Å²) < 4.78 is 0. The van der Waals surface area contributed by atoms with E-state index in [-0.39, 0.29) is 24.7 Å². The number of hydrogen-bond acceptors (Lipinski definition) is 8. The second-order valence-electron chi connectivity index (χ2n) is 2.90. The molecule has 0 saturated carbocycles. The van der Waals surface area contributed by atoms with E-state index < -0.39 is 11.9 Å². The Hall–Kier alpha value is 0.260. The maximum atomic E-state index is 9.29. The van der Waals surface area contributed by atoms with Crippen LogP contribution in [0.5, 0.6) is 0 Å². The third-order valence-electron chi connectivity index (χ3n) is 1.13. The molecule has 0 aliphatic carbocycles. The first-order chi connectivity index (χ1) is 9.45. The fourth-order valence-corrected chi connectivity index (χ4v) is 2.51. The van der Waals surface area contributed by atoms with Crippen LogP contribution in [-0.2, 0) is 9.59 Å². The third kappa shape index (κ3) is 42.9. The molecule has 0 radical (unpaired) electrons. The van der Waals surface area contributed by atoms with Gasteiger partial charge in [-0.05, 0) is 12.8 Å². The smallest absolute Gasteiger partial charge is 0.313 e. The summed E-state index contributed by atoms with van der Waals surface area (Å²) in [6, 6.07) is 0. The van der Waals surface area contributed by atoms with Crippen LogP contribution in [0.25, 0.3) is 0 Å². The second-order valence-corrected chi connectivity index (χ2v) is 6.24. The zero-order valence-corrected chi connectivity index (χ0v) is 14.4. The van der Waals surface area contributed by atoms with Crippen molar-refractivity contribution in [1.82, 2.24) is 0 Å². The van der Waals surface area contributed by atoms with Gasteiger partial charge in [-0.25, -0.2) is 0 Å². The Labute approximate surface area is 137 Å². The SMILES string of the molecule is O=C(O)CS.O=C(O)CS.OCCCSSCCCO. The van der Waals surface area contributed by atoms with Gasteiger partial charge in [0.15, 0.2) is 0 Å². The summed E-state index contributed by atoms with van der Waals surface area (Å²) in [6.45, 7) is 0.571. The lowest BCUT2D eigenvalue weighted by Gasteiger charge is -1.96. The highest BCUT2D eigenvalue weighted by molar-refractivity contribution is 8.76. The van der Waals surface area contributed by atoms with Gasteiger partial charge in [-0.15, -0.1) is 0 Å². The molecule has 0 heterocycles. The van der Waals surface area contributed by atoms with Crippen LogP contribution in [0.2, 0.25) is 0 Å². The topological polar surface area (TPSA) is 115 Å². The van der Waals surface area contributed by atoms with Crippen LogP contribution < -0.4 is 0 Å². The van der Waals surface area contributed by atoms with E-state index in [2.05, 4.69) is 25.3 Å². The molecule has 0 aliphatic heterocycles. The molecule has 20 heavy (non-hydrogen) atoms. The Bertz CT molecular complexity index is 196. The highest BCUT2D eigenvalue weighted by Crippen LogP contribution is 2.21. The van der Waals surface area contributed by atoms with E-state index in [9.17, 15) is 9.59 Å². The Balaban J connectivity index is -0.000000244. The summed E-state index contributed by atoms with van der Waals surface area (Å²) in [5.41, 5.74) is 0. The summed E-state index contributed by atoms with van der Waals surface area (Å²) in [5.74, 6) is 0.0841. The minimum atomic E-state index is -0.881. The van der Waals surface area contributed by atoms with E-state index in [0.717, 1.165) is 24.3 Å². The predicted molar refractivity (Wildman–Crippen MR) is 91.3 cm³/mol. The maximum absolute atomic E-state index is 9.29. The van der Waals surface area contributed by atoms with E-state index in [1.54, 1.807) is 21.6 Å². The lowest BCUT2D eigenvalue weighted by Crippen LogP contribution is -1.92. The van der Waals surface area contributed by atoms with Crippen molar-refractivity contribution in [2.75, 3.05) is 36.2 Å². The van der Waals surface area contributed by atoms with Gasteiger partial charge in [-0.2, -0.15) is 25.3 Å². The largest absolute Gasteiger partial charge is 0.481 e. The first-order valence-electron chi connectivity index (χ1n) is 5.57. The normalized spacial score (nSPS) is 8.80. The Morgan fingerprint density at radius 1 is 0.800 bits per heavy atom. The minimum absolute atomic E-state index is 0.0833. The molecule has 0 amide bonds. The number of aliphatic carboxylic acids is 2. The van der Waals surface area contributed by atoms with Crippen LogP contribution in [0.3, 0.4) is 0 Å². The van der Waals surface area contributed by atoms with Crippen LogP contribution >= 0.6 is 46.8 Å². The number of carboxylic acid groups (broad SMARTS) is 2. The first-order valence-corrected chi connectivity index (χ1v) is 9.32. The molecule has 0 bridgehead atoms. The van der Waals surface area contributed by atoms with Gasteiger partial charge in [0.05, 0.1) is 11.5 Å². The molecule has 0 fully saturated rings. The number of carbonyl (C=O) groups is 2. The van der Waals surface area contributed by atoms with Crippen LogP contribution in [0.4, 0.5) is 0 Å². The number of aliphatic hydroxyl groups excluding tert-OH is 2. The van der Waals surface area contributed by atoms with Gasteiger partial charge in [0, 0.05) is 24.7 Å². The van der Waals surface area contributed by atoms with Gasteiger partial charge >= 0.3 is 11.9 Å². The fraction of sp³-hybridized carbons (Fsp3) is 0.800. The van der Waals surface area contributed by atoms with Gasteiger partial charge in [0.2, 0.25) is 0 Å². The number of thiol groups is 2. The monoisotopic (exact) mass is 366 g/mol. The molecule has 0 unspecified atom stereocenters. The molecular weight excluding hydrogens is 344 g/mol. The minimum Gasteiger partial charge on any atom is -0.481 e. The zero-order valence-electron chi connectivity index (χ0n) is 11.0. The van der Waals surface area contributed by atoms with Crippen molar-refractivity contribution in [2.24, 2.45) is 0 Å². The maximum Gasteiger partial charge on any atom is 0.313 e. The lowest BCUT2D eigenvalue weighted by atomic mass is 10.5. The molecule has 0 aromatic heterocycles. The average Bonchev–Trinajstić information content (AvgIpc) is 2.44. The molecule has 10 heteroatoms. The van der Waals surface area contributed by atoms with Crippen molar-refractivity contribution in [1.29, 1.82) is 0 Å². The summed E-state index contributed by atoms with van der Waals surface area (Å²) in [7, 11) is 3.53. The summed E-state index contributed by atoms with van der Waals surface area (Å²) >= 11 is 6.83. The van der Waals surface area contributed by atoms with Crippen LogP contribution in [-0.4, -0.2) is 68.6 Å². The fourth-order valence-electron chi connectivity index (χ4n) is 0.365. The van der Waals surface area contributed by atoms with Gasteiger partial charge in [-0.3, -0.25) is 9.59 Å². The number of hydrogen-bond donors (Lipinski definition) is 6. The molecular formula is C10H22O6S4. The Morgan fingerprint density at radius 3 is 1.20 bits per heavy atom. The van der Waals surface area contributed by atoms with E-state index in [4.69, 9.17) is 20.4 Å². The molecule has 0 atom stereocenters. The lowest BCUT2D eigenvalue weighted by molar-refractivity contribution is -0.134. The van der Waals surface area contributed by atoms with Crippen LogP contribution in [0, 0.1) is 0 Å². The average molecular weight is 367 g/mol. The standard InChI is InChI=1S/C6H14O2S2.2C2H4O2S/c7-3-1-5-9-10-6-2-4-8;2*3-2(4)1-5/h7-8H,1-6H2;2*5H,1H2,(H,3,4). The van der Waals surface area contributed by atoms with Crippen molar-refractivity contribution in [3.05, 3.63) is 0 Å². The Kier molecular flexibility index (Phi) is 30.6. The molecule has 4 N–H and O–H groups in total. The van der Waals surface area contributed by atoms with E-state index >= 15 is 0 Å². The summed E-state index contributed by atoms with van der Waals surface area (Å²) in [6.07, 6.45) is 1.74. The molecule has 0 saturated heterocycles. The number of carboxylic acids is 2. The van der Waals surface area contributed by atoms with Crippen molar-refractivity contribution in [3.63, 3.8) is 0 Å². The molecule has 6 nitrogen and oxygen atoms in total. The predicted octanol–water partition coefficient (Wildman–Crippen LogP) is 1.13. The molecule has 0 aromatic carbocycles. The quantitative estimate of drug-likeness (QED) is 0.204. The molecule has 122 valence electrons. The van der Waals surface area contributed by atoms with E-state index in [0.29, 0.717) is 0 Å². The number of aliphatic hydroxyl groups is 2. The van der Waals surface area contributed by atoms with E-state index in [1.807, 2.05) is 0 Å². The van der Waals surface area contributed by atoms with Crippen molar-refractivity contribution in [2.45, 2.75) is 12.8 Å².